The molecule has 1 rings (SSSR count). The van der Waals surface area contributed by atoms with Gasteiger partial charge in [0.1, 0.15) is 0 Å². The molecule has 0 aliphatic heterocycles. The number of methoxy groups -OCH3 is 1. The van der Waals surface area contributed by atoms with Crippen LogP contribution in [0.5, 0.6) is 0 Å². The fraction of sp³-hybridized carbons (Fsp3) is 0.692. The maximum Gasteiger partial charge on any atom is 0.319 e. The van der Waals surface area contributed by atoms with Crippen molar-refractivity contribution in [2.75, 3.05) is 13.7 Å². The molecule has 0 saturated heterocycles. The van der Waals surface area contributed by atoms with Crippen molar-refractivity contribution in [2.45, 2.75) is 39.8 Å². The monoisotopic (exact) mass is 331 g/mol. The molecule has 0 amide bonds. The van der Waals surface area contributed by atoms with Crippen molar-refractivity contribution in [3.63, 3.8) is 0 Å². The van der Waals surface area contributed by atoms with E-state index >= 15 is 0 Å². The van der Waals surface area contributed by atoms with Crippen molar-refractivity contribution in [1.82, 2.24) is 14.7 Å². The van der Waals surface area contributed by atoms with Crippen LogP contribution in [0.2, 0.25) is 0 Å². The summed E-state index contributed by atoms with van der Waals surface area (Å²) in [6.45, 7) is 7.15. The van der Waals surface area contributed by atoms with Gasteiger partial charge in [0.2, 0.25) is 0 Å². The highest BCUT2D eigenvalue weighted by molar-refractivity contribution is 9.10. The van der Waals surface area contributed by atoms with E-state index in [1.807, 2.05) is 11.7 Å². The standard InChI is InChI=1S/C13H22BrN3O2/c1-6-10-13(14)11(16(4)15-10)7-17(9(2)3)8-12(18)19-5/h9H,6-8H2,1-5H3. The first-order valence-corrected chi connectivity index (χ1v) is 7.21. The van der Waals surface area contributed by atoms with E-state index in [0.29, 0.717) is 6.54 Å². The van der Waals surface area contributed by atoms with Gasteiger partial charge in [-0.15, -0.1) is 0 Å². The number of hydrogen-bond donors (Lipinski definition) is 0. The minimum Gasteiger partial charge on any atom is -0.468 e. The number of ether oxygens (including phenoxy) is 1. The Morgan fingerprint density at radius 2 is 2.16 bits per heavy atom. The number of halogens is 1. The van der Waals surface area contributed by atoms with E-state index < -0.39 is 0 Å². The Morgan fingerprint density at radius 3 is 2.58 bits per heavy atom. The molecular formula is C13H22BrN3O2. The Morgan fingerprint density at radius 1 is 1.53 bits per heavy atom. The lowest BCUT2D eigenvalue weighted by Gasteiger charge is -2.25. The van der Waals surface area contributed by atoms with Crippen LogP contribution in [-0.2, 0) is 29.5 Å². The molecule has 0 spiro atoms. The summed E-state index contributed by atoms with van der Waals surface area (Å²) in [5, 5.41) is 4.47. The van der Waals surface area contributed by atoms with E-state index in [-0.39, 0.29) is 18.6 Å². The van der Waals surface area contributed by atoms with Crippen molar-refractivity contribution in [3.8, 4) is 0 Å². The largest absolute Gasteiger partial charge is 0.468 e. The zero-order valence-electron chi connectivity index (χ0n) is 12.2. The molecule has 0 radical (unpaired) electrons. The quantitative estimate of drug-likeness (QED) is 0.749. The van der Waals surface area contributed by atoms with E-state index in [0.717, 1.165) is 22.3 Å². The molecule has 0 aliphatic carbocycles. The topological polar surface area (TPSA) is 47.4 Å². The smallest absolute Gasteiger partial charge is 0.319 e. The third-order valence-electron chi connectivity index (χ3n) is 3.15. The molecule has 0 aromatic carbocycles. The Bertz CT molecular complexity index is 443. The van der Waals surface area contributed by atoms with Crippen LogP contribution in [0, 0.1) is 0 Å². The predicted octanol–water partition coefficient (Wildman–Crippen LogP) is 2.13. The lowest BCUT2D eigenvalue weighted by atomic mass is 10.2. The first-order valence-electron chi connectivity index (χ1n) is 6.41. The molecule has 0 unspecified atom stereocenters. The van der Waals surface area contributed by atoms with Crippen LogP contribution in [0.4, 0.5) is 0 Å². The van der Waals surface area contributed by atoms with Crippen LogP contribution in [0.15, 0.2) is 4.47 Å². The van der Waals surface area contributed by atoms with Crippen molar-refractivity contribution < 1.29 is 9.53 Å². The summed E-state index contributed by atoms with van der Waals surface area (Å²) in [6, 6.07) is 0.256. The summed E-state index contributed by atoms with van der Waals surface area (Å²) in [5.41, 5.74) is 2.12. The number of hydrogen-bond acceptors (Lipinski definition) is 4. The molecule has 6 heteroatoms. The van der Waals surface area contributed by atoms with Crippen molar-refractivity contribution in [1.29, 1.82) is 0 Å². The van der Waals surface area contributed by atoms with Crippen LogP contribution >= 0.6 is 15.9 Å². The van der Waals surface area contributed by atoms with Crippen LogP contribution < -0.4 is 0 Å². The number of aryl methyl sites for hydroxylation is 2. The summed E-state index contributed by atoms with van der Waals surface area (Å²) in [6.07, 6.45) is 0.882. The average Bonchev–Trinajstić information content (AvgIpc) is 2.64. The van der Waals surface area contributed by atoms with Crippen LogP contribution in [0.1, 0.15) is 32.2 Å². The van der Waals surface area contributed by atoms with Crippen molar-refractivity contribution in [3.05, 3.63) is 15.9 Å². The highest BCUT2D eigenvalue weighted by Crippen LogP contribution is 2.23. The molecule has 0 aliphatic rings. The minimum absolute atomic E-state index is 0.220. The number of aromatic nitrogens is 2. The van der Waals surface area contributed by atoms with E-state index in [1.54, 1.807) is 0 Å². The van der Waals surface area contributed by atoms with E-state index in [2.05, 4.69) is 46.7 Å². The van der Waals surface area contributed by atoms with Gasteiger partial charge in [0.05, 0.1) is 29.5 Å². The van der Waals surface area contributed by atoms with E-state index in [1.165, 1.54) is 7.11 Å². The highest BCUT2D eigenvalue weighted by Gasteiger charge is 2.20. The lowest BCUT2D eigenvalue weighted by molar-refractivity contribution is -0.142. The van der Waals surface area contributed by atoms with Gasteiger partial charge in [0.25, 0.3) is 0 Å². The average molecular weight is 332 g/mol. The summed E-state index contributed by atoms with van der Waals surface area (Å²) in [4.78, 5) is 13.5. The van der Waals surface area contributed by atoms with Gasteiger partial charge < -0.3 is 4.74 Å². The van der Waals surface area contributed by atoms with Gasteiger partial charge in [-0.2, -0.15) is 5.10 Å². The Labute approximate surface area is 123 Å². The number of carbonyl (C=O) groups is 1. The Kier molecular flexibility index (Phi) is 6.00. The third-order valence-corrected chi connectivity index (χ3v) is 4.06. The van der Waals surface area contributed by atoms with Gasteiger partial charge >= 0.3 is 5.97 Å². The van der Waals surface area contributed by atoms with Crippen LogP contribution in [0.25, 0.3) is 0 Å². The Hall–Kier alpha value is -0.880. The molecule has 1 heterocycles. The second-order valence-corrected chi connectivity index (χ2v) is 5.55. The molecular weight excluding hydrogens is 310 g/mol. The van der Waals surface area contributed by atoms with Crippen LogP contribution in [-0.4, -0.2) is 40.3 Å². The molecule has 0 fully saturated rings. The molecule has 108 valence electrons. The summed E-state index contributed by atoms with van der Waals surface area (Å²) in [5.74, 6) is -0.220. The summed E-state index contributed by atoms with van der Waals surface area (Å²) in [7, 11) is 3.34. The first-order chi connectivity index (χ1) is 8.90. The van der Waals surface area contributed by atoms with Gasteiger partial charge in [0, 0.05) is 19.6 Å². The van der Waals surface area contributed by atoms with Crippen LogP contribution in [0.3, 0.4) is 0 Å². The fourth-order valence-electron chi connectivity index (χ4n) is 1.84. The summed E-state index contributed by atoms with van der Waals surface area (Å²) >= 11 is 3.60. The highest BCUT2D eigenvalue weighted by atomic mass is 79.9. The zero-order chi connectivity index (χ0) is 14.6. The third kappa shape index (κ3) is 4.04. The summed E-state index contributed by atoms with van der Waals surface area (Å²) < 4.78 is 7.65. The molecule has 5 nitrogen and oxygen atoms in total. The van der Waals surface area contributed by atoms with Crippen molar-refractivity contribution in [2.24, 2.45) is 7.05 Å². The van der Waals surface area contributed by atoms with Gasteiger partial charge in [0.15, 0.2) is 0 Å². The number of nitrogens with zero attached hydrogens (tertiary/aromatic N) is 3. The SMILES string of the molecule is CCc1nn(C)c(CN(CC(=O)OC)C(C)C)c1Br. The van der Waals surface area contributed by atoms with Gasteiger partial charge in [-0.05, 0) is 36.2 Å². The first kappa shape index (κ1) is 16.2. The molecule has 0 bridgehead atoms. The van der Waals surface area contributed by atoms with Gasteiger partial charge in [-0.25, -0.2) is 0 Å². The minimum atomic E-state index is -0.220. The molecule has 0 saturated carbocycles. The normalized spacial score (nSPS) is 11.4. The second-order valence-electron chi connectivity index (χ2n) is 4.76. The predicted molar refractivity (Wildman–Crippen MR) is 77.8 cm³/mol. The Balaban J connectivity index is 2.90. The zero-order valence-corrected chi connectivity index (χ0v) is 13.8. The van der Waals surface area contributed by atoms with Gasteiger partial charge in [-0.1, -0.05) is 6.92 Å². The van der Waals surface area contributed by atoms with Gasteiger partial charge in [-0.3, -0.25) is 14.4 Å². The number of rotatable bonds is 6. The second kappa shape index (κ2) is 7.05. The molecule has 19 heavy (non-hydrogen) atoms. The lowest BCUT2D eigenvalue weighted by Crippen LogP contribution is -2.36. The molecule has 1 aromatic rings. The maximum absolute atomic E-state index is 11.5. The number of carbonyl (C=O) groups excluding carboxylic acids is 1. The van der Waals surface area contributed by atoms with E-state index in [9.17, 15) is 4.79 Å². The number of esters is 1. The van der Waals surface area contributed by atoms with Crippen molar-refractivity contribution >= 4 is 21.9 Å². The molecule has 0 atom stereocenters. The molecule has 1 aromatic heterocycles. The molecule has 0 N–H and O–H groups in total. The maximum atomic E-state index is 11.5. The van der Waals surface area contributed by atoms with E-state index in [4.69, 9.17) is 4.74 Å². The fourth-order valence-corrected chi connectivity index (χ4v) is 2.58.